The molecule has 1 aromatic carbocycles. The minimum absolute atomic E-state index is 0.0167. The number of hydrogen-bond donors (Lipinski definition) is 2. The molecule has 2 aliphatic heterocycles. The molecule has 170 valence electrons. The Morgan fingerprint density at radius 3 is 2.70 bits per heavy atom. The first kappa shape index (κ1) is 21.5. The van der Waals surface area contributed by atoms with E-state index in [0.717, 1.165) is 29.4 Å². The summed E-state index contributed by atoms with van der Waals surface area (Å²) in [6, 6.07) is 14.7. The van der Waals surface area contributed by atoms with E-state index in [2.05, 4.69) is 9.97 Å². The van der Waals surface area contributed by atoms with Crippen molar-refractivity contribution in [2.45, 2.75) is 30.5 Å². The SMILES string of the molecule is O=C(CSc1nc(O)c(Cc2ccccc2)c(=O)[nH]1)N1CC2CC(C1)c1cccc(=O)n1C2. The first-order valence-corrected chi connectivity index (χ1v) is 11.9. The van der Waals surface area contributed by atoms with E-state index in [1.54, 1.807) is 12.1 Å². The van der Waals surface area contributed by atoms with Gasteiger partial charge in [-0.1, -0.05) is 48.2 Å². The molecule has 5 rings (SSSR count). The molecule has 3 aromatic rings. The lowest BCUT2D eigenvalue weighted by molar-refractivity contribution is -0.131. The Kier molecular flexibility index (Phi) is 5.80. The quantitative estimate of drug-likeness (QED) is 0.442. The molecule has 0 saturated carbocycles. The lowest BCUT2D eigenvalue weighted by Crippen LogP contribution is -2.49. The van der Waals surface area contributed by atoms with Crippen molar-refractivity contribution in [3.63, 3.8) is 0 Å². The summed E-state index contributed by atoms with van der Waals surface area (Å²) in [7, 11) is 0. The van der Waals surface area contributed by atoms with Crippen molar-refractivity contribution in [2.24, 2.45) is 5.92 Å². The summed E-state index contributed by atoms with van der Waals surface area (Å²) in [5, 5.41) is 10.5. The highest BCUT2D eigenvalue weighted by atomic mass is 32.2. The number of carbonyl (C=O) groups excluding carboxylic acids is 1. The fourth-order valence-corrected chi connectivity index (χ4v) is 5.57. The van der Waals surface area contributed by atoms with Crippen LogP contribution in [0.1, 0.15) is 29.2 Å². The largest absolute Gasteiger partial charge is 0.493 e. The summed E-state index contributed by atoms with van der Waals surface area (Å²) < 4.78 is 1.84. The number of fused-ring (bicyclic) bond motifs is 4. The minimum atomic E-state index is -0.407. The second-order valence-electron chi connectivity index (χ2n) is 8.62. The highest BCUT2D eigenvalue weighted by molar-refractivity contribution is 7.99. The number of aromatic hydroxyl groups is 1. The molecule has 2 aromatic heterocycles. The molecule has 2 bridgehead atoms. The predicted molar refractivity (Wildman–Crippen MR) is 125 cm³/mol. The van der Waals surface area contributed by atoms with Gasteiger partial charge in [0.1, 0.15) is 0 Å². The van der Waals surface area contributed by atoms with Crippen LogP contribution in [-0.2, 0) is 17.8 Å². The van der Waals surface area contributed by atoms with Crippen molar-refractivity contribution in [1.29, 1.82) is 0 Å². The number of hydrogen-bond acceptors (Lipinski definition) is 6. The van der Waals surface area contributed by atoms with E-state index in [-0.39, 0.29) is 52.1 Å². The van der Waals surface area contributed by atoms with Gasteiger partial charge >= 0.3 is 0 Å². The molecular weight excluding hydrogens is 440 g/mol. The van der Waals surface area contributed by atoms with Crippen LogP contribution in [0.25, 0.3) is 0 Å². The molecule has 0 spiro atoms. The van der Waals surface area contributed by atoms with Crippen molar-refractivity contribution in [3.05, 3.63) is 86.1 Å². The van der Waals surface area contributed by atoms with Crippen LogP contribution in [0.2, 0.25) is 0 Å². The first-order chi connectivity index (χ1) is 16.0. The third-order valence-corrected chi connectivity index (χ3v) is 7.22. The maximum atomic E-state index is 12.9. The van der Waals surface area contributed by atoms with Gasteiger partial charge in [-0.25, -0.2) is 0 Å². The van der Waals surface area contributed by atoms with Crippen molar-refractivity contribution in [3.8, 4) is 5.88 Å². The molecule has 0 radical (unpaired) electrons. The Hall–Kier alpha value is -3.33. The van der Waals surface area contributed by atoms with E-state index in [9.17, 15) is 19.5 Å². The third kappa shape index (κ3) is 4.45. The second kappa shape index (κ2) is 8.90. The molecule has 0 aliphatic carbocycles. The second-order valence-corrected chi connectivity index (χ2v) is 9.59. The number of nitrogens with one attached hydrogen (secondary N) is 1. The van der Waals surface area contributed by atoms with Gasteiger partial charge in [0.15, 0.2) is 5.16 Å². The van der Waals surface area contributed by atoms with Crippen molar-refractivity contribution >= 4 is 17.7 Å². The number of thioether (sulfide) groups is 1. The van der Waals surface area contributed by atoms with Crippen LogP contribution >= 0.6 is 11.8 Å². The van der Waals surface area contributed by atoms with E-state index < -0.39 is 5.56 Å². The topological polar surface area (TPSA) is 108 Å². The third-order valence-electron chi connectivity index (χ3n) is 6.36. The maximum Gasteiger partial charge on any atom is 0.258 e. The molecule has 1 amide bonds. The van der Waals surface area contributed by atoms with Crippen LogP contribution in [-0.4, -0.2) is 49.3 Å². The van der Waals surface area contributed by atoms with Crippen molar-refractivity contribution < 1.29 is 9.90 Å². The highest BCUT2D eigenvalue weighted by Crippen LogP contribution is 2.35. The van der Waals surface area contributed by atoms with Gasteiger partial charge in [-0.2, -0.15) is 4.98 Å². The molecule has 4 heterocycles. The van der Waals surface area contributed by atoms with Crippen LogP contribution in [0.4, 0.5) is 0 Å². The van der Waals surface area contributed by atoms with Gasteiger partial charge in [-0.3, -0.25) is 14.4 Å². The van der Waals surface area contributed by atoms with Crippen LogP contribution in [0.5, 0.6) is 5.88 Å². The predicted octanol–water partition coefficient (Wildman–Crippen LogP) is 1.97. The Morgan fingerprint density at radius 1 is 1.09 bits per heavy atom. The number of H-pyrrole nitrogens is 1. The summed E-state index contributed by atoms with van der Waals surface area (Å²) >= 11 is 1.11. The van der Waals surface area contributed by atoms with Crippen molar-refractivity contribution in [2.75, 3.05) is 18.8 Å². The average molecular weight is 465 g/mol. The molecule has 2 atom stereocenters. The number of piperidine rings is 1. The van der Waals surface area contributed by atoms with E-state index in [1.165, 1.54) is 0 Å². The van der Waals surface area contributed by atoms with Crippen LogP contribution < -0.4 is 11.1 Å². The fraction of sp³-hybridized carbons (Fsp3) is 0.333. The normalized spacial score (nSPS) is 19.2. The molecule has 2 N–H and O–H groups in total. The number of nitrogens with zero attached hydrogens (tertiary/aromatic N) is 3. The van der Waals surface area contributed by atoms with E-state index in [4.69, 9.17) is 0 Å². The van der Waals surface area contributed by atoms with Gasteiger partial charge in [-0.05, 0) is 24.0 Å². The van der Waals surface area contributed by atoms with Gasteiger partial charge in [0.25, 0.3) is 11.1 Å². The fourth-order valence-electron chi connectivity index (χ4n) is 4.81. The highest BCUT2D eigenvalue weighted by Gasteiger charge is 2.36. The smallest absolute Gasteiger partial charge is 0.258 e. The molecule has 1 fully saturated rings. The van der Waals surface area contributed by atoms with E-state index in [1.807, 2.05) is 45.9 Å². The van der Waals surface area contributed by atoms with Gasteiger partial charge in [-0.15, -0.1) is 0 Å². The molecule has 33 heavy (non-hydrogen) atoms. The number of pyridine rings is 1. The molecule has 2 aliphatic rings. The summed E-state index contributed by atoms with van der Waals surface area (Å²) in [4.78, 5) is 46.2. The lowest BCUT2D eigenvalue weighted by Gasteiger charge is -2.42. The summed E-state index contributed by atoms with van der Waals surface area (Å²) in [5.41, 5.74) is 1.71. The van der Waals surface area contributed by atoms with Gasteiger partial charge in [0.05, 0.1) is 11.3 Å². The number of benzene rings is 1. The first-order valence-electron chi connectivity index (χ1n) is 10.9. The molecule has 8 nitrogen and oxygen atoms in total. The van der Waals surface area contributed by atoms with Gasteiger partial charge < -0.3 is 19.6 Å². The number of rotatable bonds is 5. The lowest BCUT2D eigenvalue weighted by atomic mass is 9.83. The zero-order valence-electron chi connectivity index (χ0n) is 17.9. The van der Waals surface area contributed by atoms with Crippen LogP contribution in [0.3, 0.4) is 0 Å². The number of amides is 1. The zero-order chi connectivity index (χ0) is 22.9. The summed E-state index contributed by atoms with van der Waals surface area (Å²) in [5.74, 6) is 0.162. The van der Waals surface area contributed by atoms with Crippen molar-refractivity contribution in [1.82, 2.24) is 19.4 Å². The minimum Gasteiger partial charge on any atom is -0.493 e. The Labute approximate surface area is 194 Å². The number of carbonyl (C=O) groups is 1. The van der Waals surface area contributed by atoms with Gasteiger partial charge in [0.2, 0.25) is 11.8 Å². The summed E-state index contributed by atoms with van der Waals surface area (Å²) in [6.45, 7) is 1.82. The standard InChI is InChI=1S/C24H24N4O4S/c29-20-8-4-7-19-17-9-16(12-28(19)20)11-27(13-17)21(30)14-33-24-25-22(31)18(23(32)26-24)10-15-5-2-1-3-6-15/h1-8,16-17H,9-14H2,(H2,25,26,31,32). The molecule has 2 unspecified atom stereocenters. The Morgan fingerprint density at radius 2 is 1.91 bits per heavy atom. The van der Waals surface area contributed by atoms with Gasteiger partial charge in [0, 0.05) is 43.7 Å². The maximum absolute atomic E-state index is 12.9. The Balaban J connectivity index is 1.24. The van der Waals surface area contributed by atoms with Crippen LogP contribution in [0, 0.1) is 5.92 Å². The monoisotopic (exact) mass is 464 g/mol. The number of aromatic amines is 1. The number of likely N-dealkylation sites (tertiary alicyclic amines) is 1. The summed E-state index contributed by atoms with van der Waals surface area (Å²) in [6.07, 6.45) is 1.26. The molecular formula is C24H24N4O4S. The van der Waals surface area contributed by atoms with Crippen LogP contribution in [0.15, 0.2) is 63.3 Å². The number of aromatic nitrogens is 3. The van der Waals surface area contributed by atoms with E-state index in [0.29, 0.717) is 19.6 Å². The molecule has 9 heteroatoms. The average Bonchev–Trinajstić information content (AvgIpc) is 2.81. The van der Waals surface area contributed by atoms with E-state index >= 15 is 0 Å². The zero-order valence-corrected chi connectivity index (χ0v) is 18.8. The molecule has 1 saturated heterocycles. The Bertz CT molecular complexity index is 1300.